The van der Waals surface area contributed by atoms with Gasteiger partial charge in [0.15, 0.2) is 0 Å². The monoisotopic (exact) mass is 250 g/mol. The molecule has 1 rings (SSSR count). The van der Waals surface area contributed by atoms with Gasteiger partial charge in [-0.3, -0.25) is 0 Å². The Labute approximate surface area is 111 Å². The van der Waals surface area contributed by atoms with Crippen molar-refractivity contribution >= 4 is 0 Å². The van der Waals surface area contributed by atoms with Crippen LogP contribution in [0.4, 0.5) is 0 Å². The fourth-order valence-corrected chi connectivity index (χ4v) is 1.80. The highest BCUT2D eigenvalue weighted by molar-refractivity contribution is 5.14. The minimum Gasteiger partial charge on any atom is -0.394 e. The number of aliphatic hydroxyl groups excluding tert-OH is 1. The smallest absolute Gasteiger partial charge is 0.0610 e. The normalized spacial score (nSPS) is 14.7. The Bertz CT molecular complexity index is 323. The van der Waals surface area contributed by atoms with Crippen LogP contribution in [0.1, 0.15) is 18.9 Å². The predicted octanol–water partition coefficient (Wildman–Crippen LogP) is 1.52. The van der Waals surface area contributed by atoms with Gasteiger partial charge >= 0.3 is 0 Å². The molecule has 18 heavy (non-hydrogen) atoms. The van der Waals surface area contributed by atoms with Gasteiger partial charge in [0.1, 0.15) is 0 Å². The molecule has 0 bridgehead atoms. The first-order valence-electron chi connectivity index (χ1n) is 6.62. The van der Waals surface area contributed by atoms with Crippen LogP contribution in [0, 0.1) is 0 Å². The van der Waals surface area contributed by atoms with Gasteiger partial charge in [-0.25, -0.2) is 0 Å². The van der Waals surface area contributed by atoms with E-state index in [0.29, 0.717) is 0 Å². The van der Waals surface area contributed by atoms with Crippen LogP contribution in [0.2, 0.25) is 0 Å². The summed E-state index contributed by atoms with van der Waals surface area (Å²) >= 11 is 0. The predicted molar refractivity (Wildman–Crippen MR) is 76.8 cm³/mol. The Kier molecular flexibility index (Phi) is 6.33. The number of hydrogen-bond acceptors (Lipinski definition) is 3. The number of likely N-dealkylation sites (N-methyl/N-ethyl adjacent to an activating group) is 2. The van der Waals surface area contributed by atoms with Gasteiger partial charge in [-0.2, -0.15) is 0 Å². The van der Waals surface area contributed by atoms with Crippen molar-refractivity contribution in [2.24, 2.45) is 0 Å². The largest absolute Gasteiger partial charge is 0.394 e. The van der Waals surface area contributed by atoms with E-state index in [9.17, 15) is 5.11 Å². The molecule has 0 saturated heterocycles. The number of nitrogens with zero attached hydrogens (tertiary/aromatic N) is 1. The summed E-state index contributed by atoms with van der Waals surface area (Å²) in [6.45, 7) is 4.27. The van der Waals surface area contributed by atoms with Crippen molar-refractivity contribution in [1.82, 2.24) is 10.2 Å². The lowest BCUT2D eigenvalue weighted by Gasteiger charge is -2.29. The average Bonchev–Trinajstić information content (AvgIpc) is 2.43. The van der Waals surface area contributed by atoms with Crippen LogP contribution in [0.5, 0.6) is 0 Å². The molecule has 1 aromatic carbocycles. The second-order valence-electron chi connectivity index (χ2n) is 5.26. The molecule has 2 N–H and O–H groups in total. The van der Waals surface area contributed by atoms with Crippen LogP contribution >= 0.6 is 0 Å². The molecule has 0 amide bonds. The Morgan fingerprint density at radius 1 is 1.22 bits per heavy atom. The third-order valence-electron chi connectivity index (χ3n) is 3.62. The lowest BCUT2D eigenvalue weighted by Crippen LogP contribution is -2.45. The van der Waals surface area contributed by atoms with Crippen molar-refractivity contribution < 1.29 is 5.11 Å². The van der Waals surface area contributed by atoms with Gasteiger partial charge in [0.25, 0.3) is 0 Å². The molecule has 1 unspecified atom stereocenters. The molecule has 3 nitrogen and oxygen atoms in total. The van der Waals surface area contributed by atoms with E-state index < -0.39 is 0 Å². The highest BCUT2D eigenvalue weighted by Crippen LogP contribution is 2.09. The van der Waals surface area contributed by atoms with E-state index in [0.717, 1.165) is 25.9 Å². The first-order chi connectivity index (χ1) is 8.59. The lowest BCUT2D eigenvalue weighted by atomic mass is 9.99. The molecular weight excluding hydrogens is 224 g/mol. The van der Waals surface area contributed by atoms with E-state index in [1.54, 1.807) is 0 Å². The third-order valence-corrected chi connectivity index (χ3v) is 3.62. The molecule has 0 fully saturated rings. The molecular formula is C15H26N2O. The topological polar surface area (TPSA) is 35.5 Å². The maximum absolute atomic E-state index is 9.33. The summed E-state index contributed by atoms with van der Waals surface area (Å²) in [7, 11) is 4.04. The molecule has 0 aliphatic heterocycles. The molecule has 0 aromatic heterocycles. The standard InChI is InChI=1S/C15H26N2O/c1-15(13-18,16-2)10-12-17(3)11-9-14-7-5-4-6-8-14/h4-8,16,18H,9-13H2,1-3H3. The molecule has 0 spiro atoms. The highest BCUT2D eigenvalue weighted by atomic mass is 16.3. The van der Waals surface area contributed by atoms with Crippen molar-refractivity contribution in [3.05, 3.63) is 35.9 Å². The fourth-order valence-electron chi connectivity index (χ4n) is 1.80. The lowest BCUT2D eigenvalue weighted by molar-refractivity contribution is 0.159. The summed E-state index contributed by atoms with van der Waals surface area (Å²) in [5, 5.41) is 12.5. The van der Waals surface area contributed by atoms with Crippen LogP contribution in [0.15, 0.2) is 30.3 Å². The van der Waals surface area contributed by atoms with Crippen molar-refractivity contribution in [3.8, 4) is 0 Å². The SMILES string of the molecule is CNC(C)(CO)CCN(C)CCc1ccccc1. The van der Waals surface area contributed by atoms with Crippen LogP contribution in [0.3, 0.4) is 0 Å². The number of hydrogen-bond donors (Lipinski definition) is 2. The molecule has 0 aliphatic carbocycles. The molecule has 0 saturated carbocycles. The number of rotatable bonds is 8. The second-order valence-corrected chi connectivity index (χ2v) is 5.26. The minimum absolute atomic E-state index is 0.166. The zero-order valence-corrected chi connectivity index (χ0v) is 11.8. The molecule has 0 aliphatic rings. The van der Waals surface area contributed by atoms with Gasteiger partial charge in [-0.1, -0.05) is 30.3 Å². The van der Waals surface area contributed by atoms with Crippen LogP contribution in [0.25, 0.3) is 0 Å². The summed E-state index contributed by atoms with van der Waals surface area (Å²) < 4.78 is 0. The highest BCUT2D eigenvalue weighted by Gasteiger charge is 2.20. The molecule has 1 atom stereocenters. The maximum atomic E-state index is 9.33. The maximum Gasteiger partial charge on any atom is 0.0610 e. The number of aliphatic hydroxyl groups is 1. The summed E-state index contributed by atoms with van der Waals surface area (Å²) in [6.07, 6.45) is 2.03. The molecule has 102 valence electrons. The fraction of sp³-hybridized carbons (Fsp3) is 0.600. The molecule has 0 heterocycles. The van der Waals surface area contributed by atoms with Crippen molar-refractivity contribution in [2.45, 2.75) is 25.3 Å². The van der Waals surface area contributed by atoms with Gasteiger partial charge in [0.2, 0.25) is 0 Å². The zero-order valence-electron chi connectivity index (χ0n) is 11.8. The quantitative estimate of drug-likeness (QED) is 0.734. The van der Waals surface area contributed by atoms with Crippen LogP contribution in [-0.4, -0.2) is 49.3 Å². The van der Waals surface area contributed by atoms with E-state index in [1.165, 1.54) is 5.56 Å². The molecule has 3 heteroatoms. The van der Waals surface area contributed by atoms with Crippen molar-refractivity contribution in [3.63, 3.8) is 0 Å². The molecule has 0 radical (unpaired) electrons. The Morgan fingerprint density at radius 3 is 2.44 bits per heavy atom. The summed E-state index contributed by atoms with van der Waals surface area (Å²) in [5.74, 6) is 0. The minimum atomic E-state index is -0.166. The van der Waals surface area contributed by atoms with Crippen molar-refractivity contribution in [1.29, 1.82) is 0 Å². The van der Waals surface area contributed by atoms with E-state index in [4.69, 9.17) is 0 Å². The van der Waals surface area contributed by atoms with Crippen LogP contribution < -0.4 is 5.32 Å². The zero-order chi connectivity index (χ0) is 13.4. The van der Waals surface area contributed by atoms with Gasteiger partial charge in [-0.15, -0.1) is 0 Å². The Morgan fingerprint density at radius 2 is 1.89 bits per heavy atom. The Balaban J connectivity index is 2.28. The van der Waals surface area contributed by atoms with Gasteiger partial charge in [0.05, 0.1) is 6.61 Å². The first-order valence-corrected chi connectivity index (χ1v) is 6.62. The van der Waals surface area contributed by atoms with Gasteiger partial charge < -0.3 is 15.3 Å². The molecule has 1 aromatic rings. The van der Waals surface area contributed by atoms with Crippen LogP contribution in [-0.2, 0) is 6.42 Å². The van der Waals surface area contributed by atoms with E-state index in [2.05, 4.69) is 48.5 Å². The van der Waals surface area contributed by atoms with E-state index >= 15 is 0 Å². The number of benzene rings is 1. The Hall–Kier alpha value is -0.900. The third kappa shape index (κ3) is 5.17. The van der Waals surface area contributed by atoms with Crippen molar-refractivity contribution in [2.75, 3.05) is 33.8 Å². The van der Waals surface area contributed by atoms with Gasteiger partial charge in [0, 0.05) is 12.1 Å². The summed E-state index contributed by atoms with van der Waals surface area (Å²) in [4.78, 5) is 2.32. The number of nitrogens with one attached hydrogen (secondary N) is 1. The van der Waals surface area contributed by atoms with E-state index in [1.807, 2.05) is 13.1 Å². The first kappa shape index (κ1) is 15.2. The summed E-state index contributed by atoms with van der Waals surface area (Å²) in [6, 6.07) is 10.5. The van der Waals surface area contributed by atoms with E-state index in [-0.39, 0.29) is 12.1 Å². The second kappa shape index (κ2) is 7.52. The average molecular weight is 250 g/mol. The van der Waals surface area contributed by atoms with Gasteiger partial charge in [-0.05, 0) is 46.0 Å². The summed E-state index contributed by atoms with van der Waals surface area (Å²) in [5.41, 5.74) is 1.21.